The van der Waals surface area contributed by atoms with Crippen LogP contribution < -0.4 is 11.1 Å². The number of nitrogens with one attached hydrogen (secondary N) is 1. The lowest BCUT2D eigenvalue weighted by molar-refractivity contribution is -0.133. The van der Waals surface area contributed by atoms with Gasteiger partial charge in [0.2, 0.25) is 5.91 Å². The summed E-state index contributed by atoms with van der Waals surface area (Å²) in [7, 11) is 0. The first-order chi connectivity index (χ1) is 7.79. The van der Waals surface area contributed by atoms with Gasteiger partial charge in [0, 0.05) is 12.1 Å². The summed E-state index contributed by atoms with van der Waals surface area (Å²) in [6.45, 7) is 13.4. The second-order valence-corrected chi connectivity index (χ2v) is 7.12. The standard InChI is InChI=1S/C14H30N2O2/c1-10(2)8-14(7,18)9-16-11(17)12(3,4)13(5,6)15/h10,18H,8-9,15H2,1-7H3,(H,16,17). The average Bonchev–Trinajstić information content (AvgIpc) is 2.10. The van der Waals surface area contributed by atoms with Crippen molar-refractivity contribution in [2.45, 2.75) is 66.0 Å². The number of rotatable bonds is 6. The van der Waals surface area contributed by atoms with Crippen LogP contribution in [0.2, 0.25) is 0 Å². The minimum Gasteiger partial charge on any atom is -0.388 e. The van der Waals surface area contributed by atoms with Gasteiger partial charge in [0.15, 0.2) is 0 Å². The first-order valence-electron chi connectivity index (χ1n) is 6.59. The van der Waals surface area contributed by atoms with Gasteiger partial charge in [-0.15, -0.1) is 0 Å². The van der Waals surface area contributed by atoms with E-state index in [1.165, 1.54) is 0 Å². The Balaban J connectivity index is 4.52. The monoisotopic (exact) mass is 258 g/mol. The summed E-state index contributed by atoms with van der Waals surface area (Å²) in [5.41, 5.74) is 3.84. The topological polar surface area (TPSA) is 75.3 Å². The molecule has 4 nitrogen and oxygen atoms in total. The van der Waals surface area contributed by atoms with Crippen molar-refractivity contribution in [2.75, 3.05) is 6.54 Å². The number of hydrogen-bond acceptors (Lipinski definition) is 3. The molecule has 0 aliphatic carbocycles. The zero-order valence-electron chi connectivity index (χ0n) is 12.9. The van der Waals surface area contributed by atoms with E-state index >= 15 is 0 Å². The van der Waals surface area contributed by atoms with Crippen molar-refractivity contribution >= 4 is 5.91 Å². The van der Waals surface area contributed by atoms with Crippen molar-refractivity contribution in [1.82, 2.24) is 5.32 Å². The number of aliphatic hydroxyl groups is 1. The SMILES string of the molecule is CC(C)CC(C)(O)CNC(=O)C(C)(C)C(C)(C)N. The number of hydrogen-bond donors (Lipinski definition) is 3. The average molecular weight is 258 g/mol. The summed E-state index contributed by atoms with van der Waals surface area (Å²) in [6.07, 6.45) is 0.653. The van der Waals surface area contributed by atoms with Gasteiger partial charge in [0.25, 0.3) is 0 Å². The Hall–Kier alpha value is -0.610. The van der Waals surface area contributed by atoms with Crippen LogP contribution in [0.15, 0.2) is 0 Å². The molecule has 0 spiro atoms. The first-order valence-corrected chi connectivity index (χ1v) is 6.59. The number of amides is 1. The van der Waals surface area contributed by atoms with Crippen LogP contribution in [0.25, 0.3) is 0 Å². The Bertz CT molecular complexity index is 289. The number of carbonyl (C=O) groups is 1. The molecule has 1 amide bonds. The minimum atomic E-state index is -0.876. The molecule has 1 unspecified atom stereocenters. The third-order valence-corrected chi connectivity index (χ3v) is 3.66. The van der Waals surface area contributed by atoms with Crippen molar-refractivity contribution in [1.29, 1.82) is 0 Å². The fourth-order valence-electron chi connectivity index (χ4n) is 1.74. The van der Waals surface area contributed by atoms with Crippen LogP contribution >= 0.6 is 0 Å². The van der Waals surface area contributed by atoms with E-state index in [2.05, 4.69) is 5.32 Å². The Kier molecular flexibility index (Phi) is 5.39. The highest BCUT2D eigenvalue weighted by Gasteiger charge is 2.40. The molecule has 0 aliphatic rings. The second kappa shape index (κ2) is 5.57. The van der Waals surface area contributed by atoms with Gasteiger partial charge >= 0.3 is 0 Å². The van der Waals surface area contributed by atoms with E-state index in [0.29, 0.717) is 12.3 Å². The van der Waals surface area contributed by atoms with Crippen molar-refractivity contribution in [3.05, 3.63) is 0 Å². The fraction of sp³-hybridized carbons (Fsp3) is 0.929. The van der Waals surface area contributed by atoms with Gasteiger partial charge in [-0.3, -0.25) is 4.79 Å². The molecule has 0 radical (unpaired) electrons. The van der Waals surface area contributed by atoms with Crippen LogP contribution in [-0.2, 0) is 4.79 Å². The molecule has 0 bridgehead atoms. The van der Waals surface area contributed by atoms with Crippen LogP contribution in [0.4, 0.5) is 0 Å². The molecular formula is C14H30N2O2. The van der Waals surface area contributed by atoms with Gasteiger partial charge in [-0.05, 0) is 47.0 Å². The molecule has 0 saturated heterocycles. The highest BCUT2D eigenvalue weighted by atomic mass is 16.3. The van der Waals surface area contributed by atoms with Crippen LogP contribution in [0.1, 0.15) is 54.9 Å². The van der Waals surface area contributed by atoms with Crippen LogP contribution in [0, 0.1) is 11.3 Å². The van der Waals surface area contributed by atoms with Gasteiger partial charge < -0.3 is 16.2 Å². The van der Waals surface area contributed by atoms with E-state index in [-0.39, 0.29) is 12.5 Å². The van der Waals surface area contributed by atoms with Crippen molar-refractivity contribution in [2.24, 2.45) is 17.1 Å². The molecule has 4 N–H and O–H groups in total. The molecule has 0 rings (SSSR count). The zero-order chi connectivity index (χ0) is 14.8. The number of nitrogens with two attached hydrogens (primary N) is 1. The Morgan fingerprint density at radius 3 is 2.00 bits per heavy atom. The van der Waals surface area contributed by atoms with E-state index in [1.54, 1.807) is 6.92 Å². The summed E-state index contributed by atoms with van der Waals surface area (Å²) >= 11 is 0. The second-order valence-electron chi connectivity index (χ2n) is 7.12. The maximum atomic E-state index is 12.1. The summed E-state index contributed by atoms with van der Waals surface area (Å²) in [5.74, 6) is 0.259. The van der Waals surface area contributed by atoms with E-state index < -0.39 is 16.6 Å². The molecule has 108 valence electrons. The summed E-state index contributed by atoms with van der Waals surface area (Å²) in [5, 5.41) is 13.0. The van der Waals surface area contributed by atoms with Gasteiger partial charge in [0.05, 0.1) is 11.0 Å². The molecule has 18 heavy (non-hydrogen) atoms. The van der Waals surface area contributed by atoms with E-state index in [4.69, 9.17) is 5.73 Å². The van der Waals surface area contributed by atoms with Crippen molar-refractivity contribution in [3.8, 4) is 0 Å². The highest BCUT2D eigenvalue weighted by molar-refractivity contribution is 5.83. The Labute approximate surface area is 111 Å². The largest absolute Gasteiger partial charge is 0.388 e. The molecule has 0 fully saturated rings. The Morgan fingerprint density at radius 1 is 1.22 bits per heavy atom. The normalized spacial score (nSPS) is 16.6. The van der Waals surface area contributed by atoms with Crippen molar-refractivity contribution < 1.29 is 9.90 Å². The van der Waals surface area contributed by atoms with Gasteiger partial charge in [-0.1, -0.05) is 13.8 Å². The number of carbonyl (C=O) groups excluding carboxylic acids is 1. The molecule has 0 saturated carbocycles. The summed E-state index contributed by atoms with van der Waals surface area (Å²) in [4.78, 5) is 12.1. The van der Waals surface area contributed by atoms with E-state index in [1.807, 2.05) is 41.5 Å². The fourth-order valence-corrected chi connectivity index (χ4v) is 1.74. The van der Waals surface area contributed by atoms with Crippen molar-refractivity contribution in [3.63, 3.8) is 0 Å². The molecule has 0 aromatic rings. The van der Waals surface area contributed by atoms with Crippen LogP contribution in [0.3, 0.4) is 0 Å². The third-order valence-electron chi connectivity index (χ3n) is 3.66. The minimum absolute atomic E-state index is 0.126. The summed E-state index contributed by atoms with van der Waals surface area (Å²) in [6, 6.07) is 0. The zero-order valence-corrected chi connectivity index (χ0v) is 12.9. The summed E-state index contributed by atoms with van der Waals surface area (Å²) < 4.78 is 0. The molecule has 0 aromatic heterocycles. The quantitative estimate of drug-likeness (QED) is 0.678. The predicted molar refractivity (Wildman–Crippen MR) is 75.1 cm³/mol. The van der Waals surface area contributed by atoms with Gasteiger partial charge in [-0.25, -0.2) is 0 Å². The molecule has 1 atom stereocenters. The molecule has 0 aromatic carbocycles. The van der Waals surface area contributed by atoms with Crippen LogP contribution in [0.5, 0.6) is 0 Å². The predicted octanol–water partition coefficient (Wildman–Crippen LogP) is 1.66. The molecule has 0 heterocycles. The van der Waals surface area contributed by atoms with E-state index in [0.717, 1.165) is 0 Å². The van der Waals surface area contributed by atoms with Crippen LogP contribution in [-0.4, -0.2) is 28.7 Å². The maximum absolute atomic E-state index is 12.1. The smallest absolute Gasteiger partial charge is 0.227 e. The highest BCUT2D eigenvalue weighted by Crippen LogP contribution is 2.28. The molecular weight excluding hydrogens is 228 g/mol. The first kappa shape index (κ1) is 17.4. The molecule has 4 heteroatoms. The van der Waals surface area contributed by atoms with Gasteiger partial charge in [0.1, 0.15) is 0 Å². The van der Waals surface area contributed by atoms with E-state index in [9.17, 15) is 9.90 Å². The lowest BCUT2D eigenvalue weighted by Crippen LogP contribution is -2.57. The lowest BCUT2D eigenvalue weighted by Gasteiger charge is -2.38. The van der Waals surface area contributed by atoms with Gasteiger partial charge in [-0.2, -0.15) is 0 Å². The maximum Gasteiger partial charge on any atom is 0.227 e. The Morgan fingerprint density at radius 2 is 1.67 bits per heavy atom. The third kappa shape index (κ3) is 4.94. The molecule has 0 aliphatic heterocycles. The lowest BCUT2D eigenvalue weighted by atomic mass is 9.74.